The van der Waals surface area contributed by atoms with Crippen molar-refractivity contribution in [2.45, 2.75) is 20.0 Å². The van der Waals surface area contributed by atoms with Gasteiger partial charge in [-0.05, 0) is 43.3 Å². The van der Waals surface area contributed by atoms with Crippen molar-refractivity contribution in [3.8, 4) is 5.88 Å². The third-order valence-corrected chi connectivity index (χ3v) is 4.13. The van der Waals surface area contributed by atoms with Crippen LogP contribution in [-0.2, 0) is 19.1 Å². The minimum absolute atomic E-state index is 0.187. The summed E-state index contributed by atoms with van der Waals surface area (Å²) < 4.78 is 20.4. The standard InChI is InChI=1S/C19H23N3O6/c1-13-11-17(21-28-13)26-12-18(23)27-14(2)19(24)20-15-3-5-16(6-4-15)22-7-9-25-10-8-22/h3-6,11,14H,7-10,12H2,1-2H3,(H,20,24)/t14-/m0/s1. The molecule has 1 aliphatic rings. The van der Waals surface area contributed by atoms with Crippen LogP contribution in [-0.4, -0.2) is 56.0 Å². The molecule has 28 heavy (non-hydrogen) atoms. The van der Waals surface area contributed by atoms with Gasteiger partial charge in [0.2, 0.25) is 0 Å². The van der Waals surface area contributed by atoms with Gasteiger partial charge in [-0.15, -0.1) is 0 Å². The van der Waals surface area contributed by atoms with Gasteiger partial charge in [-0.1, -0.05) is 0 Å². The third kappa shape index (κ3) is 5.46. The average Bonchev–Trinajstić information content (AvgIpc) is 3.13. The molecular weight excluding hydrogens is 366 g/mol. The molecule has 9 heteroatoms. The van der Waals surface area contributed by atoms with E-state index in [1.807, 2.05) is 24.3 Å². The van der Waals surface area contributed by atoms with E-state index in [1.165, 1.54) is 6.92 Å². The van der Waals surface area contributed by atoms with Crippen LogP contribution in [0.25, 0.3) is 0 Å². The van der Waals surface area contributed by atoms with E-state index in [1.54, 1.807) is 13.0 Å². The highest BCUT2D eigenvalue weighted by atomic mass is 16.6. The molecule has 1 aromatic heterocycles. The van der Waals surface area contributed by atoms with E-state index in [9.17, 15) is 9.59 Å². The van der Waals surface area contributed by atoms with E-state index in [-0.39, 0.29) is 12.5 Å². The van der Waals surface area contributed by atoms with Gasteiger partial charge in [-0.3, -0.25) is 4.79 Å². The van der Waals surface area contributed by atoms with Gasteiger partial charge in [0.05, 0.1) is 13.2 Å². The van der Waals surface area contributed by atoms with Crippen LogP contribution in [0.3, 0.4) is 0 Å². The summed E-state index contributed by atoms with van der Waals surface area (Å²) in [7, 11) is 0. The molecule has 0 spiro atoms. The number of carbonyl (C=O) groups excluding carboxylic acids is 2. The number of amides is 1. The molecule has 2 heterocycles. The van der Waals surface area contributed by atoms with Crippen LogP contribution in [0.5, 0.6) is 5.88 Å². The first-order valence-corrected chi connectivity index (χ1v) is 9.00. The topological polar surface area (TPSA) is 103 Å². The summed E-state index contributed by atoms with van der Waals surface area (Å²) in [5.41, 5.74) is 1.69. The minimum Gasteiger partial charge on any atom is -0.463 e. The number of benzene rings is 1. The van der Waals surface area contributed by atoms with Gasteiger partial charge in [0.1, 0.15) is 5.76 Å². The molecule has 1 saturated heterocycles. The van der Waals surface area contributed by atoms with Crippen LogP contribution >= 0.6 is 0 Å². The van der Waals surface area contributed by atoms with Gasteiger partial charge in [0.15, 0.2) is 12.7 Å². The number of aromatic nitrogens is 1. The third-order valence-electron chi connectivity index (χ3n) is 4.13. The summed E-state index contributed by atoms with van der Waals surface area (Å²) in [5, 5.41) is 6.33. The Kier molecular flexibility index (Phi) is 6.49. The lowest BCUT2D eigenvalue weighted by molar-refractivity contribution is -0.155. The van der Waals surface area contributed by atoms with Crippen molar-refractivity contribution in [3.05, 3.63) is 36.1 Å². The Morgan fingerprint density at radius 3 is 2.61 bits per heavy atom. The SMILES string of the molecule is Cc1cc(OCC(=O)O[C@@H](C)C(=O)Nc2ccc(N3CCOCC3)cc2)no1. The Morgan fingerprint density at radius 1 is 1.25 bits per heavy atom. The summed E-state index contributed by atoms with van der Waals surface area (Å²) >= 11 is 0. The van der Waals surface area contributed by atoms with Gasteiger partial charge in [0, 0.05) is 30.5 Å². The zero-order valence-electron chi connectivity index (χ0n) is 15.8. The summed E-state index contributed by atoms with van der Waals surface area (Å²) in [5.74, 6) is -0.349. The van der Waals surface area contributed by atoms with E-state index in [2.05, 4.69) is 15.4 Å². The Hall–Kier alpha value is -3.07. The second-order valence-corrected chi connectivity index (χ2v) is 6.33. The number of nitrogens with one attached hydrogen (secondary N) is 1. The van der Waals surface area contributed by atoms with Crippen LogP contribution in [0.1, 0.15) is 12.7 Å². The van der Waals surface area contributed by atoms with Gasteiger partial charge in [-0.25, -0.2) is 4.79 Å². The Morgan fingerprint density at radius 2 is 1.96 bits per heavy atom. The van der Waals surface area contributed by atoms with Gasteiger partial charge in [-0.2, -0.15) is 0 Å². The van der Waals surface area contributed by atoms with Crippen molar-refractivity contribution in [2.75, 3.05) is 43.1 Å². The van der Waals surface area contributed by atoms with Crippen molar-refractivity contribution >= 4 is 23.3 Å². The maximum Gasteiger partial charge on any atom is 0.345 e. The normalized spacial score (nSPS) is 15.0. The number of hydrogen-bond acceptors (Lipinski definition) is 8. The predicted octanol–water partition coefficient (Wildman–Crippen LogP) is 1.77. The number of ether oxygens (including phenoxy) is 3. The van der Waals surface area contributed by atoms with Crippen molar-refractivity contribution in [1.29, 1.82) is 0 Å². The molecule has 1 aliphatic heterocycles. The molecule has 1 fully saturated rings. The first-order chi connectivity index (χ1) is 13.5. The number of nitrogens with zero attached hydrogens (tertiary/aromatic N) is 2. The van der Waals surface area contributed by atoms with E-state index >= 15 is 0 Å². The Bertz CT molecular complexity index is 798. The molecule has 1 N–H and O–H groups in total. The van der Waals surface area contributed by atoms with Gasteiger partial charge >= 0.3 is 5.97 Å². The van der Waals surface area contributed by atoms with Crippen molar-refractivity contribution in [3.63, 3.8) is 0 Å². The van der Waals surface area contributed by atoms with Crippen molar-refractivity contribution < 1.29 is 28.3 Å². The van der Waals surface area contributed by atoms with Crippen LogP contribution in [0.15, 0.2) is 34.9 Å². The lowest BCUT2D eigenvalue weighted by Crippen LogP contribution is -2.36. The fraction of sp³-hybridized carbons (Fsp3) is 0.421. The number of rotatable bonds is 7. The summed E-state index contributed by atoms with van der Waals surface area (Å²) in [4.78, 5) is 26.3. The largest absolute Gasteiger partial charge is 0.463 e. The second-order valence-electron chi connectivity index (χ2n) is 6.33. The van der Waals surface area contributed by atoms with E-state index in [4.69, 9.17) is 18.7 Å². The molecular formula is C19H23N3O6. The molecule has 1 aromatic carbocycles. The van der Waals surface area contributed by atoms with E-state index in [0.29, 0.717) is 24.7 Å². The Balaban J connectivity index is 1.44. The lowest BCUT2D eigenvalue weighted by atomic mass is 10.2. The molecule has 0 bridgehead atoms. The molecule has 150 valence electrons. The maximum atomic E-state index is 12.2. The molecule has 0 radical (unpaired) electrons. The number of esters is 1. The molecule has 3 rings (SSSR count). The molecule has 0 saturated carbocycles. The molecule has 2 aromatic rings. The van der Waals surface area contributed by atoms with Crippen LogP contribution in [0, 0.1) is 6.92 Å². The molecule has 1 atom stereocenters. The lowest BCUT2D eigenvalue weighted by Gasteiger charge is -2.28. The summed E-state index contributed by atoms with van der Waals surface area (Å²) in [6.45, 7) is 5.94. The molecule has 0 aliphatic carbocycles. The van der Waals surface area contributed by atoms with E-state index < -0.39 is 18.0 Å². The number of carbonyl (C=O) groups is 2. The van der Waals surface area contributed by atoms with Gasteiger partial charge in [0.25, 0.3) is 11.8 Å². The Labute approximate surface area is 162 Å². The highest BCUT2D eigenvalue weighted by Crippen LogP contribution is 2.19. The number of anilines is 2. The highest BCUT2D eigenvalue weighted by Gasteiger charge is 2.19. The first kappa shape index (κ1) is 19.7. The fourth-order valence-electron chi connectivity index (χ4n) is 2.65. The summed E-state index contributed by atoms with van der Waals surface area (Å²) in [6.07, 6.45) is -0.964. The van der Waals surface area contributed by atoms with Gasteiger partial charge < -0.3 is 29.0 Å². The quantitative estimate of drug-likeness (QED) is 0.715. The zero-order valence-corrected chi connectivity index (χ0v) is 15.8. The van der Waals surface area contributed by atoms with Crippen LogP contribution in [0.2, 0.25) is 0 Å². The number of aryl methyl sites for hydroxylation is 1. The maximum absolute atomic E-state index is 12.2. The fourth-order valence-corrected chi connectivity index (χ4v) is 2.65. The zero-order chi connectivity index (χ0) is 19.9. The minimum atomic E-state index is -0.964. The van der Waals surface area contributed by atoms with Crippen LogP contribution < -0.4 is 15.0 Å². The van der Waals surface area contributed by atoms with Crippen molar-refractivity contribution in [1.82, 2.24) is 5.16 Å². The molecule has 1 amide bonds. The monoisotopic (exact) mass is 389 g/mol. The summed E-state index contributed by atoms with van der Waals surface area (Å²) in [6, 6.07) is 9.04. The molecule has 0 unspecified atom stereocenters. The highest BCUT2D eigenvalue weighted by molar-refractivity contribution is 5.95. The smallest absolute Gasteiger partial charge is 0.345 e. The number of hydrogen-bond donors (Lipinski definition) is 1. The predicted molar refractivity (Wildman–Crippen MR) is 100 cm³/mol. The second kappa shape index (κ2) is 9.23. The average molecular weight is 389 g/mol. The van der Waals surface area contributed by atoms with E-state index in [0.717, 1.165) is 18.8 Å². The number of morpholine rings is 1. The molecule has 9 nitrogen and oxygen atoms in total. The first-order valence-electron chi connectivity index (χ1n) is 9.00. The van der Waals surface area contributed by atoms with Crippen molar-refractivity contribution in [2.24, 2.45) is 0 Å². The van der Waals surface area contributed by atoms with Crippen LogP contribution in [0.4, 0.5) is 11.4 Å².